The summed E-state index contributed by atoms with van der Waals surface area (Å²) in [7, 11) is 1.09. The third kappa shape index (κ3) is 1.94. The highest BCUT2D eigenvalue weighted by Gasteiger charge is 2.48. The lowest BCUT2D eigenvalue weighted by Gasteiger charge is -2.33. The van der Waals surface area contributed by atoms with Gasteiger partial charge in [0.05, 0.1) is 0 Å². The molecule has 2 atom stereocenters. The minimum atomic E-state index is -0.565. The Morgan fingerprint density at radius 2 is 2.23 bits per heavy atom. The Hall–Kier alpha value is 0.0599. The van der Waals surface area contributed by atoms with Crippen LogP contribution in [-0.2, 0) is 0 Å². The first-order valence-electron chi connectivity index (χ1n) is 5.81. The van der Waals surface area contributed by atoms with Gasteiger partial charge in [-0.1, -0.05) is 46.4 Å². The summed E-state index contributed by atoms with van der Waals surface area (Å²) in [4.78, 5) is 0. The quantitative estimate of drug-likeness (QED) is 0.584. The molecule has 0 saturated heterocycles. The maximum atomic E-state index is 13.9. The largest absolute Gasteiger partial charge is 0.347 e. The summed E-state index contributed by atoms with van der Waals surface area (Å²) in [5.41, 5.74) is 0. The van der Waals surface area contributed by atoms with Crippen molar-refractivity contribution in [1.82, 2.24) is 0 Å². The van der Waals surface area contributed by atoms with E-state index in [1.807, 2.05) is 6.92 Å². The summed E-state index contributed by atoms with van der Waals surface area (Å²) in [6.07, 6.45) is 5.42. The average Bonchev–Trinajstić information content (AvgIpc) is 2.48. The van der Waals surface area contributed by atoms with Crippen LogP contribution in [0.15, 0.2) is 0 Å². The van der Waals surface area contributed by atoms with E-state index in [4.69, 9.17) is 0 Å². The van der Waals surface area contributed by atoms with Gasteiger partial charge in [-0.25, -0.2) is 0 Å². The van der Waals surface area contributed by atoms with E-state index in [2.05, 4.69) is 13.8 Å². The van der Waals surface area contributed by atoms with Gasteiger partial charge < -0.3 is 4.32 Å². The number of hydrogen-bond donors (Lipinski definition) is 0. The Balaban J connectivity index is 2.73. The van der Waals surface area contributed by atoms with Crippen molar-refractivity contribution in [2.75, 3.05) is 0 Å². The zero-order chi connectivity index (χ0) is 9.90. The van der Waals surface area contributed by atoms with Crippen molar-refractivity contribution in [2.24, 2.45) is 5.92 Å². The Morgan fingerprint density at radius 3 is 2.62 bits per heavy atom. The van der Waals surface area contributed by atoms with Crippen molar-refractivity contribution in [3.63, 3.8) is 0 Å². The van der Waals surface area contributed by atoms with Crippen molar-refractivity contribution in [1.29, 1.82) is 0 Å². The van der Waals surface area contributed by atoms with Crippen molar-refractivity contribution in [3.8, 4) is 0 Å². The smallest absolute Gasteiger partial charge is 0.336 e. The summed E-state index contributed by atoms with van der Waals surface area (Å²) in [6.45, 7) is 5.83. The molecule has 1 aliphatic rings. The molecule has 74 valence electrons. The lowest BCUT2D eigenvalue weighted by molar-refractivity contribution is 0.522. The minimum absolute atomic E-state index is 0.0451. The van der Waals surface area contributed by atoms with Crippen molar-refractivity contribution < 1.29 is 4.32 Å². The van der Waals surface area contributed by atoms with Gasteiger partial charge in [0.1, 0.15) is 7.28 Å². The van der Waals surface area contributed by atoms with E-state index in [1.165, 1.54) is 12.8 Å². The number of rotatable bonds is 4. The first-order valence-corrected chi connectivity index (χ1v) is 5.81. The average molecular weight is 182 g/mol. The molecule has 0 amide bonds. The second kappa shape index (κ2) is 4.52. The van der Waals surface area contributed by atoms with Gasteiger partial charge in [-0.15, -0.1) is 0 Å². The van der Waals surface area contributed by atoms with E-state index in [0.717, 1.165) is 20.0 Å². The molecule has 0 aromatic carbocycles. The van der Waals surface area contributed by atoms with Crippen molar-refractivity contribution in [3.05, 3.63) is 0 Å². The van der Waals surface area contributed by atoms with Gasteiger partial charge in [-0.05, 0) is 17.5 Å². The normalized spacial score (nSPS) is 33.4. The molecule has 0 bridgehead atoms. The molecule has 0 N–H and O–H groups in total. The maximum absolute atomic E-state index is 13.9. The fraction of sp³-hybridized carbons (Fsp3) is 1.00. The Bertz CT molecular complexity index is 163. The van der Waals surface area contributed by atoms with Crippen molar-refractivity contribution >= 4 is 14.3 Å². The Labute approximate surface area is 83.0 Å². The Kier molecular flexibility index (Phi) is 3.87. The van der Waals surface area contributed by atoms with E-state index < -0.39 is 6.99 Å². The fourth-order valence-corrected chi connectivity index (χ4v) is 3.14. The van der Waals surface area contributed by atoms with Crippen LogP contribution in [0.3, 0.4) is 0 Å². The molecule has 1 aliphatic carbocycles. The molecule has 2 unspecified atom stereocenters. The number of hydrogen-bond acceptors (Lipinski definition) is 0. The van der Waals surface area contributed by atoms with Crippen LogP contribution in [0.1, 0.15) is 40.0 Å². The summed E-state index contributed by atoms with van der Waals surface area (Å²) in [5.74, 6) is 0.599. The van der Waals surface area contributed by atoms with Gasteiger partial charge in [-0.2, -0.15) is 0 Å². The molecule has 1 saturated carbocycles. The van der Waals surface area contributed by atoms with E-state index in [0.29, 0.717) is 12.2 Å². The summed E-state index contributed by atoms with van der Waals surface area (Å²) in [5, 5.41) is 0.0451. The maximum Gasteiger partial charge on any atom is 0.347 e. The van der Waals surface area contributed by atoms with Crippen LogP contribution in [0.4, 0.5) is 4.32 Å². The van der Waals surface area contributed by atoms with Gasteiger partial charge in [0, 0.05) is 0 Å². The zero-order valence-corrected chi connectivity index (χ0v) is 9.28. The molecule has 1 rings (SSSR count). The van der Waals surface area contributed by atoms with Gasteiger partial charge >= 0.3 is 6.99 Å². The van der Waals surface area contributed by atoms with Gasteiger partial charge in [0.25, 0.3) is 0 Å². The molecule has 13 heavy (non-hydrogen) atoms. The zero-order valence-electron chi connectivity index (χ0n) is 9.28. The van der Waals surface area contributed by atoms with Gasteiger partial charge in [-0.3, -0.25) is 0 Å². The standard InChI is InChI=1S/C10H21B2F/c1-4-11-10(12(13)5-2)8-6-7-9(10)3/h9,11H,4-8H2,1-3H3. The van der Waals surface area contributed by atoms with Gasteiger partial charge in [0.15, 0.2) is 0 Å². The predicted octanol–water partition coefficient (Wildman–Crippen LogP) is 3.36. The third-order valence-electron chi connectivity index (χ3n) is 3.96. The third-order valence-corrected chi connectivity index (χ3v) is 3.96. The van der Waals surface area contributed by atoms with Crippen LogP contribution >= 0.6 is 0 Å². The van der Waals surface area contributed by atoms with Crippen LogP contribution in [0.25, 0.3) is 0 Å². The first-order chi connectivity index (χ1) is 6.17. The summed E-state index contributed by atoms with van der Waals surface area (Å²) >= 11 is 0. The molecule has 0 radical (unpaired) electrons. The van der Waals surface area contributed by atoms with E-state index in [-0.39, 0.29) is 5.21 Å². The lowest BCUT2D eigenvalue weighted by Crippen LogP contribution is -2.36. The van der Waals surface area contributed by atoms with Crippen LogP contribution in [-0.4, -0.2) is 14.3 Å². The molecule has 0 aliphatic heterocycles. The van der Waals surface area contributed by atoms with E-state index >= 15 is 0 Å². The summed E-state index contributed by atoms with van der Waals surface area (Å²) < 4.78 is 13.9. The highest BCUT2D eigenvalue weighted by atomic mass is 19.1. The highest BCUT2D eigenvalue weighted by molar-refractivity contribution is 6.70. The summed E-state index contributed by atoms with van der Waals surface area (Å²) in [6, 6.07) is 0. The predicted molar refractivity (Wildman–Crippen MR) is 60.7 cm³/mol. The second-order valence-electron chi connectivity index (χ2n) is 4.65. The number of halogens is 1. The van der Waals surface area contributed by atoms with Crippen LogP contribution in [0, 0.1) is 5.92 Å². The second-order valence-corrected chi connectivity index (χ2v) is 4.65. The molecule has 0 aromatic heterocycles. The van der Waals surface area contributed by atoms with Crippen LogP contribution < -0.4 is 0 Å². The van der Waals surface area contributed by atoms with Crippen molar-refractivity contribution in [2.45, 2.75) is 57.9 Å². The molecule has 3 heteroatoms. The molecular formula is C10H21B2F. The molecule has 0 nitrogen and oxygen atoms in total. The Morgan fingerprint density at radius 1 is 1.54 bits per heavy atom. The van der Waals surface area contributed by atoms with Crippen LogP contribution in [0.2, 0.25) is 17.9 Å². The minimum Gasteiger partial charge on any atom is -0.336 e. The molecule has 0 heterocycles. The lowest BCUT2D eigenvalue weighted by atomic mass is 9.27. The molecule has 0 aromatic rings. The van der Waals surface area contributed by atoms with E-state index in [1.54, 1.807) is 0 Å². The first kappa shape index (κ1) is 11.1. The van der Waals surface area contributed by atoms with Gasteiger partial charge in [0.2, 0.25) is 0 Å². The van der Waals surface area contributed by atoms with Crippen LogP contribution in [0.5, 0.6) is 0 Å². The fourth-order valence-electron chi connectivity index (χ4n) is 3.14. The highest BCUT2D eigenvalue weighted by Crippen LogP contribution is 2.52. The molecule has 0 spiro atoms. The van der Waals surface area contributed by atoms with E-state index in [9.17, 15) is 4.32 Å². The monoisotopic (exact) mass is 182 g/mol. The SMILES string of the molecule is CCBC1(B(F)CC)CCCC1C. The molecular weight excluding hydrogens is 161 g/mol. The molecule has 1 fully saturated rings. The topological polar surface area (TPSA) is 0 Å².